The van der Waals surface area contributed by atoms with Crippen LogP contribution in [0, 0.1) is 0 Å². The van der Waals surface area contributed by atoms with Crippen LogP contribution < -0.4 is 4.74 Å². The predicted molar refractivity (Wildman–Crippen MR) is 66.4 cm³/mol. The second-order valence-corrected chi connectivity index (χ2v) is 4.17. The average Bonchev–Trinajstić information content (AvgIpc) is 2.67. The summed E-state index contributed by atoms with van der Waals surface area (Å²) >= 11 is 6.16. The maximum atomic E-state index is 9.71. The minimum Gasteiger partial charge on any atom is -0.497 e. The van der Waals surface area contributed by atoms with Gasteiger partial charge in [-0.15, -0.1) is 0 Å². The SMILES string of the molecule is COc1cc(Cl)c2cc(C(O)OC)n(C)c2c1. The monoisotopic (exact) mass is 255 g/mol. The summed E-state index contributed by atoms with van der Waals surface area (Å²) in [6.45, 7) is 0. The van der Waals surface area contributed by atoms with Crippen LogP contribution in [-0.4, -0.2) is 23.9 Å². The molecule has 1 atom stereocenters. The van der Waals surface area contributed by atoms with Crippen molar-refractivity contribution in [1.82, 2.24) is 4.57 Å². The number of methoxy groups -OCH3 is 2. The standard InChI is InChI=1S/C12H14ClNO3/c1-14-10-5-7(16-2)4-9(13)8(10)6-11(14)12(15)17-3/h4-6,12,15H,1-3H3. The maximum Gasteiger partial charge on any atom is 0.196 e. The van der Waals surface area contributed by atoms with Gasteiger partial charge in [0.15, 0.2) is 6.29 Å². The minimum absolute atomic E-state index is 0.588. The van der Waals surface area contributed by atoms with E-state index >= 15 is 0 Å². The van der Waals surface area contributed by atoms with Gasteiger partial charge in [0.1, 0.15) is 5.75 Å². The molecule has 0 saturated carbocycles. The number of benzene rings is 1. The number of nitrogens with zero attached hydrogens (tertiary/aromatic N) is 1. The lowest BCUT2D eigenvalue weighted by atomic mass is 10.2. The number of aromatic nitrogens is 1. The van der Waals surface area contributed by atoms with Crippen molar-refractivity contribution in [2.75, 3.05) is 14.2 Å². The molecule has 92 valence electrons. The summed E-state index contributed by atoms with van der Waals surface area (Å²) in [5.41, 5.74) is 1.54. The molecule has 0 fully saturated rings. The molecular weight excluding hydrogens is 242 g/mol. The molecule has 0 aliphatic heterocycles. The Morgan fingerprint density at radius 3 is 2.59 bits per heavy atom. The first kappa shape index (κ1) is 12.2. The molecule has 0 saturated heterocycles. The number of aryl methyl sites for hydroxylation is 1. The van der Waals surface area contributed by atoms with Crippen LogP contribution in [0.2, 0.25) is 5.02 Å². The second kappa shape index (κ2) is 4.56. The first-order chi connectivity index (χ1) is 8.08. The van der Waals surface area contributed by atoms with Crippen molar-refractivity contribution in [3.8, 4) is 5.75 Å². The third-order valence-electron chi connectivity index (χ3n) is 2.83. The Morgan fingerprint density at radius 1 is 1.29 bits per heavy atom. The molecule has 2 aromatic rings. The lowest BCUT2D eigenvalue weighted by Gasteiger charge is -2.09. The highest BCUT2D eigenvalue weighted by Gasteiger charge is 2.15. The first-order valence-electron chi connectivity index (χ1n) is 5.12. The molecule has 0 aliphatic rings. The van der Waals surface area contributed by atoms with Crippen molar-refractivity contribution < 1.29 is 14.6 Å². The van der Waals surface area contributed by atoms with Gasteiger partial charge in [0.2, 0.25) is 0 Å². The largest absolute Gasteiger partial charge is 0.497 e. The molecule has 1 heterocycles. The molecule has 1 unspecified atom stereocenters. The summed E-state index contributed by atoms with van der Waals surface area (Å²) in [6.07, 6.45) is -0.963. The molecule has 1 aromatic heterocycles. The number of fused-ring (bicyclic) bond motifs is 1. The van der Waals surface area contributed by atoms with Crippen molar-refractivity contribution in [2.45, 2.75) is 6.29 Å². The molecule has 4 nitrogen and oxygen atoms in total. The maximum absolute atomic E-state index is 9.71. The first-order valence-corrected chi connectivity index (χ1v) is 5.50. The Labute approximate surface area is 104 Å². The summed E-state index contributed by atoms with van der Waals surface area (Å²) in [5, 5.41) is 11.2. The number of halogens is 1. The quantitative estimate of drug-likeness (QED) is 0.857. The van der Waals surface area contributed by atoms with Gasteiger partial charge in [-0.2, -0.15) is 0 Å². The lowest BCUT2D eigenvalue weighted by molar-refractivity contribution is -0.0813. The topological polar surface area (TPSA) is 43.6 Å². The normalized spacial score (nSPS) is 13.0. The highest BCUT2D eigenvalue weighted by molar-refractivity contribution is 6.35. The zero-order valence-electron chi connectivity index (χ0n) is 9.90. The van der Waals surface area contributed by atoms with Crippen LogP contribution in [-0.2, 0) is 11.8 Å². The van der Waals surface area contributed by atoms with E-state index in [-0.39, 0.29) is 0 Å². The Hall–Kier alpha value is -1.23. The molecule has 0 aliphatic carbocycles. The van der Waals surface area contributed by atoms with Gasteiger partial charge in [-0.05, 0) is 12.1 Å². The molecule has 0 amide bonds. The highest BCUT2D eigenvalue weighted by atomic mass is 35.5. The van der Waals surface area contributed by atoms with E-state index in [9.17, 15) is 5.11 Å². The molecule has 5 heteroatoms. The van der Waals surface area contributed by atoms with Gasteiger partial charge in [0.05, 0.1) is 23.3 Å². The minimum atomic E-state index is -0.963. The number of hydrogen-bond donors (Lipinski definition) is 1. The van der Waals surface area contributed by atoms with E-state index in [1.807, 2.05) is 23.7 Å². The fourth-order valence-corrected chi connectivity index (χ4v) is 2.12. The zero-order chi connectivity index (χ0) is 12.6. The van der Waals surface area contributed by atoms with Gasteiger partial charge < -0.3 is 19.1 Å². The van der Waals surface area contributed by atoms with Crippen molar-refractivity contribution in [1.29, 1.82) is 0 Å². The van der Waals surface area contributed by atoms with Crippen LogP contribution in [0.1, 0.15) is 12.0 Å². The molecule has 0 spiro atoms. The van der Waals surface area contributed by atoms with E-state index in [1.54, 1.807) is 13.2 Å². The van der Waals surface area contributed by atoms with Crippen LogP contribution in [0.4, 0.5) is 0 Å². The smallest absolute Gasteiger partial charge is 0.196 e. The summed E-state index contributed by atoms with van der Waals surface area (Å²) in [5.74, 6) is 0.683. The molecule has 1 N–H and O–H groups in total. The summed E-state index contributed by atoms with van der Waals surface area (Å²) < 4.78 is 11.9. The zero-order valence-corrected chi connectivity index (χ0v) is 10.7. The van der Waals surface area contributed by atoms with Crippen molar-refractivity contribution >= 4 is 22.5 Å². The van der Waals surface area contributed by atoms with Gasteiger partial charge in [0, 0.05) is 25.6 Å². The van der Waals surface area contributed by atoms with Gasteiger partial charge in [-0.1, -0.05) is 11.6 Å². The van der Waals surface area contributed by atoms with Crippen LogP contribution >= 0.6 is 11.6 Å². The van der Waals surface area contributed by atoms with Gasteiger partial charge >= 0.3 is 0 Å². The number of aliphatic hydroxyl groups is 1. The van der Waals surface area contributed by atoms with Crippen LogP contribution in [0.15, 0.2) is 18.2 Å². The predicted octanol–water partition coefficient (Wildman–Crippen LogP) is 2.48. The third-order valence-corrected chi connectivity index (χ3v) is 3.15. The Morgan fingerprint density at radius 2 is 2.00 bits per heavy atom. The molecule has 1 aromatic carbocycles. The van der Waals surface area contributed by atoms with E-state index in [0.29, 0.717) is 16.5 Å². The van der Waals surface area contributed by atoms with Crippen LogP contribution in [0.5, 0.6) is 5.75 Å². The Balaban J connectivity index is 2.69. The Kier molecular flexibility index (Phi) is 3.28. The third kappa shape index (κ3) is 1.99. The fraction of sp³-hybridized carbons (Fsp3) is 0.333. The molecule has 0 bridgehead atoms. The summed E-state index contributed by atoms with van der Waals surface area (Å²) in [7, 11) is 4.88. The van der Waals surface area contributed by atoms with Crippen LogP contribution in [0.3, 0.4) is 0 Å². The van der Waals surface area contributed by atoms with E-state index in [4.69, 9.17) is 21.1 Å². The van der Waals surface area contributed by atoms with E-state index < -0.39 is 6.29 Å². The second-order valence-electron chi connectivity index (χ2n) is 3.76. The molecule has 17 heavy (non-hydrogen) atoms. The van der Waals surface area contributed by atoms with Crippen molar-refractivity contribution in [3.63, 3.8) is 0 Å². The summed E-state index contributed by atoms with van der Waals surface area (Å²) in [4.78, 5) is 0. The number of ether oxygens (including phenoxy) is 2. The number of hydrogen-bond acceptors (Lipinski definition) is 3. The molecule has 0 radical (unpaired) electrons. The lowest BCUT2D eigenvalue weighted by Crippen LogP contribution is -2.05. The number of rotatable bonds is 3. The average molecular weight is 256 g/mol. The van der Waals surface area contributed by atoms with Gasteiger partial charge in [-0.3, -0.25) is 0 Å². The fourth-order valence-electron chi connectivity index (χ4n) is 1.86. The van der Waals surface area contributed by atoms with Gasteiger partial charge in [0.25, 0.3) is 0 Å². The van der Waals surface area contributed by atoms with E-state index in [2.05, 4.69) is 0 Å². The molecule has 2 rings (SSSR count). The summed E-state index contributed by atoms with van der Waals surface area (Å²) in [6, 6.07) is 5.42. The highest BCUT2D eigenvalue weighted by Crippen LogP contribution is 2.32. The van der Waals surface area contributed by atoms with Gasteiger partial charge in [-0.25, -0.2) is 0 Å². The Bertz CT molecular complexity index is 550. The van der Waals surface area contributed by atoms with Crippen molar-refractivity contribution in [3.05, 3.63) is 28.9 Å². The van der Waals surface area contributed by atoms with E-state index in [1.165, 1.54) is 7.11 Å². The van der Waals surface area contributed by atoms with E-state index in [0.717, 1.165) is 10.9 Å². The van der Waals surface area contributed by atoms with Crippen molar-refractivity contribution in [2.24, 2.45) is 7.05 Å². The molecular formula is C12H14ClNO3. The van der Waals surface area contributed by atoms with Crippen LogP contribution in [0.25, 0.3) is 10.9 Å². The number of aliphatic hydroxyl groups excluding tert-OH is 1.